The first-order chi connectivity index (χ1) is 9.92. The van der Waals surface area contributed by atoms with Crippen LogP contribution >= 0.6 is 0 Å². The van der Waals surface area contributed by atoms with Gasteiger partial charge in [-0.15, -0.1) is 0 Å². The molecule has 0 saturated heterocycles. The van der Waals surface area contributed by atoms with E-state index in [1.807, 2.05) is 26.8 Å². The second-order valence-corrected chi connectivity index (χ2v) is 4.95. The van der Waals surface area contributed by atoms with Crippen molar-refractivity contribution in [3.8, 4) is 11.5 Å². The van der Waals surface area contributed by atoms with Gasteiger partial charge in [0.1, 0.15) is 23.0 Å². The van der Waals surface area contributed by atoms with Crippen LogP contribution in [0.5, 0.6) is 11.5 Å². The van der Waals surface area contributed by atoms with Gasteiger partial charge in [-0.1, -0.05) is 0 Å². The number of hydrogen-bond donors (Lipinski definition) is 2. The van der Waals surface area contributed by atoms with Gasteiger partial charge in [-0.25, -0.2) is 0 Å². The molecule has 1 aromatic heterocycles. The molecule has 0 aliphatic rings. The average molecular weight is 289 g/mol. The first-order valence-corrected chi connectivity index (χ1v) is 6.67. The van der Waals surface area contributed by atoms with Crippen molar-refractivity contribution in [2.45, 2.75) is 26.8 Å². The van der Waals surface area contributed by atoms with Crippen LogP contribution in [0.25, 0.3) is 0 Å². The van der Waals surface area contributed by atoms with Gasteiger partial charge >= 0.3 is 0 Å². The molecule has 1 unspecified atom stereocenters. The highest BCUT2D eigenvalue weighted by Crippen LogP contribution is 2.25. The number of phenols is 1. The SMILES string of the molecule is COc1ccc(O)c(C(=O)NC(C)c2cc(C)oc2C)c1. The van der Waals surface area contributed by atoms with Crippen molar-refractivity contribution >= 4 is 5.91 Å². The Morgan fingerprint density at radius 3 is 2.62 bits per heavy atom. The first kappa shape index (κ1) is 15.0. The summed E-state index contributed by atoms with van der Waals surface area (Å²) in [6.07, 6.45) is 0. The van der Waals surface area contributed by atoms with Gasteiger partial charge in [0.25, 0.3) is 5.91 Å². The van der Waals surface area contributed by atoms with Crippen molar-refractivity contribution in [2.24, 2.45) is 0 Å². The molecule has 2 rings (SSSR count). The molecule has 0 radical (unpaired) electrons. The number of furan rings is 1. The summed E-state index contributed by atoms with van der Waals surface area (Å²) in [4.78, 5) is 12.3. The number of aromatic hydroxyl groups is 1. The van der Waals surface area contributed by atoms with E-state index in [1.165, 1.54) is 19.2 Å². The Labute approximate surface area is 123 Å². The van der Waals surface area contributed by atoms with Crippen molar-refractivity contribution in [1.82, 2.24) is 5.32 Å². The second-order valence-electron chi connectivity index (χ2n) is 4.95. The number of nitrogens with one attached hydrogen (secondary N) is 1. The maximum absolute atomic E-state index is 12.3. The Morgan fingerprint density at radius 1 is 1.33 bits per heavy atom. The van der Waals surface area contributed by atoms with E-state index in [4.69, 9.17) is 9.15 Å². The average Bonchev–Trinajstić information content (AvgIpc) is 2.78. The van der Waals surface area contributed by atoms with Crippen LogP contribution in [0.15, 0.2) is 28.7 Å². The third-order valence-corrected chi connectivity index (χ3v) is 3.34. The van der Waals surface area contributed by atoms with Crippen LogP contribution in [-0.4, -0.2) is 18.1 Å². The van der Waals surface area contributed by atoms with Gasteiger partial charge in [0.2, 0.25) is 0 Å². The molecule has 1 atom stereocenters. The van der Waals surface area contributed by atoms with Gasteiger partial charge in [-0.3, -0.25) is 4.79 Å². The fraction of sp³-hybridized carbons (Fsp3) is 0.312. The van der Waals surface area contributed by atoms with Crippen LogP contribution in [0.4, 0.5) is 0 Å². The largest absolute Gasteiger partial charge is 0.507 e. The van der Waals surface area contributed by atoms with Gasteiger partial charge in [-0.2, -0.15) is 0 Å². The van der Waals surface area contributed by atoms with E-state index in [0.29, 0.717) is 5.75 Å². The number of ether oxygens (including phenoxy) is 1. The number of hydrogen-bond acceptors (Lipinski definition) is 4. The highest BCUT2D eigenvalue weighted by atomic mass is 16.5. The zero-order chi connectivity index (χ0) is 15.6. The van der Waals surface area contributed by atoms with Crippen molar-refractivity contribution < 1.29 is 19.1 Å². The number of amides is 1. The van der Waals surface area contributed by atoms with E-state index >= 15 is 0 Å². The molecule has 21 heavy (non-hydrogen) atoms. The molecule has 0 saturated carbocycles. The van der Waals surface area contributed by atoms with E-state index in [1.54, 1.807) is 6.07 Å². The van der Waals surface area contributed by atoms with E-state index < -0.39 is 0 Å². The predicted octanol–water partition coefficient (Wildman–Crippen LogP) is 3.10. The lowest BCUT2D eigenvalue weighted by Crippen LogP contribution is -2.26. The number of benzene rings is 1. The highest BCUT2D eigenvalue weighted by molar-refractivity contribution is 5.97. The molecule has 5 heteroatoms. The van der Waals surface area contributed by atoms with E-state index in [9.17, 15) is 9.90 Å². The van der Waals surface area contributed by atoms with Gasteiger partial charge in [-0.05, 0) is 45.0 Å². The van der Waals surface area contributed by atoms with Crippen molar-refractivity contribution in [2.75, 3.05) is 7.11 Å². The van der Waals surface area contributed by atoms with Gasteiger partial charge in [0.05, 0.1) is 18.7 Å². The van der Waals surface area contributed by atoms with Crippen LogP contribution in [0.2, 0.25) is 0 Å². The summed E-state index contributed by atoms with van der Waals surface area (Å²) in [5.41, 5.74) is 1.10. The zero-order valence-electron chi connectivity index (χ0n) is 12.6. The number of carbonyl (C=O) groups is 1. The van der Waals surface area contributed by atoms with Crippen LogP contribution < -0.4 is 10.1 Å². The molecule has 1 heterocycles. The molecular formula is C16H19NO4. The van der Waals surface area contributed by atoms with E-state index in [2.05, 4.69) is 5.32 Å². The number of methoxy groups -OCH3 is 1. The number of aryl methyl sites for hydroxylation is 2. The zero-order valence-corrected chi connectivity index (χ0v) is 12.6. The molecule has 2 N–H and O–H groups in total. The normalized spacial score (nSPS) is 12.0. The van der Waals surface area contributed by atoms with Crippen molar-refractivity contribution in [3.05, 3.63) is 46.9 Å². The fourth-order valence-corrected chi connectivity index (χ4v) is 2.26. The number of carbonyl (C=O) groups excluding carboxylic acids is 1. The maximum atomic E-state index is 12.3. The Kier molecular flexibility index (Phi) is 4.21. The quantitative estimate of drug-likeness (QED) is 0.907. The van der Waals surface area contributed by atoms with Gasteiger partial charge in [0, 0.05) is 5.56 Å². The smallest absolute Gasteiger partial charge is 0.255 e. The lowest BCUT2D eigenvalue weighted by atomic mass is 10.1. The molecular weight excluding hydrogens is 270 g/mol. The minimum Gasteiger partial charge on any atom is -0.507 e. The summed E-state index contributed by atoms with van der Waals surface area (Å²) in [6, 6.07) is 6.21. The third kappa shape index (κ3) is 3.18. The summed E-state index contributed by atoms with van der Waals surface area (Å²) >= 11 is 0. The van der Waals surface area contributed by atoms with Crippen LogP contribution in [0.3, 0.4) is 0 Å². The Bertz CT molecular complexity index is 660. The third-order valence-electron chi connectivity index (χ3n) is 3.34. The van der Waals surface area contributed by atoms with E-state index in [0.717, 1.165) is 17.1 Å². The highest BCUT2D eigenvalue weighted by Gasteiger charge is 2.18. The summed E-state index contributed by atoms with van der Waals surface area (Å²) in [5.74, 6) is 1.64. The molecule has 0 bridgehead atoms. The topological polar surface area (TPSA) is 71.7 Å². The summed E-state index contributed by atoms with van der Waals surface area (Å²) in [6.45, 7) is 5.58. The number of rotatable bonds is 4. The first-order valence-electron chi connectivity index (χ1n) is 6.67. The minimum absolute atomic E-state index is 0.0828. The molecule has 2 aromatic rings. The lowest BCUT2D eigenvalue weighted by molar-refractivity contribution is 0.0936. The van der Waals surface area contributed by atoms with Gasteiger partial charge in [0.15, 0.2) is 0 Å². The standard InChI is InChI=1S/C16H19NO4/c1-9-7-13(11(3)21-9)10(2)17-16(19)14-8-12(20-4)5-6-15(14)18/h5-8,10,18H,1-4H3,(H,17,19). The summed E-state index contributed by atoms with van der Waals surface area (Å²) in [5, 5.41) is 12.7. The fourth-order valence-electron chi connectivity index (χ4n) is 2.26. The molecule has 0 spiro atoms. The summed E-state index contributed by atoms with van der Waals surface area (Å²) in [7, 11) is 1.51. The minimum atomic E-state index is -0.364. The molecule has 0 fully saturated rings. The molecule has 1 amide bonds. The molecule has 1 aromatic carbocycles. The lowest BCUT2D eigenvalue weighted by Gasteiger charge is -2.14. The van der Waals surface area contributed by atoms with Crippen LogP contribution in [-0.2, 0) is 0 Å². The van der Waals surface area contributed by atoms with Crippen molar-refractivity contribution in [3.63, 3.8) is 0 Å². The molecule has 0 aliphatic carbocycles. The Hall–Kier alpha value is -2.43. The van der Waals surface area contributed by atoms with Crippen LogP contribution in [0, 0.1) is 13.8 Å². The van der Waals surface area contributed by atoms with E-state index in [-0.39, 0.29) is 23.3 Å². The second kappa shape index (κ2) is 5.91. The molecule has 5 nitrogen and oxygen atoms in total. The Morgan fingerprint density at radius 2 is 2.05 bits per heavy atom. The molecule has 112 valence electrons. The van der Waals surface area contributed by atoms with Crippen molar-refractivity contribution in [1.29, 1.82) is 0 Å². The Balaban J connectivity index is 2.20. The predicted molar refractivity (Wildman–Crippen MR) is 78.7 cm³/mol. The number of phenolic OH excluding ortho intramolecular Hbond substituents is 1. The van der Waals surface area contributed by atoms with Gasteiger partial charge < -0.3 is 19.6 Å². The monoisotopic (exact) mass is 289 g/mol. The molecule has 0 aliphatic heterocycles. The van der Waals surface area contributed by atoms with Crippen LogP contribution in [0.1, 0.15) is 40.4 Å². The summed E-state index contributed by atoms with van der Waals surface area (Å²) < 4.78 is 10.5. The maximum Gasteiger partial charge on any atom is 0.255 e.